The molecule has 0 bridgehead atoms. The highest BCUT2D eigenvalue weighted by atomic mass is 15.3. The summed E-state index contributed by atoms with van der Waals surface area (Å²) >= 11 is 0. The summed E-state index contributed by atoms with van der Waals surface area (Å²) in [5, 5.41) is 0. The van der Waals surface area contributed by atoms with E-state index in [0.29, 0.717) is 0 Å². The number of hydrogen-bond acceptors (Lipinski definition) is 3. The second-order valence-electron chi connectivity index (χ2n) is 7.99. The SMILES string of the molecule is c1ccc(C(c2ccccc2)(c2ccccc2)N2CCN(c3ccncc3)CC2)cc1. The van der Waals surface area contributed by atoms with E-state index in [4.69, 9.17) is 0 Å². The largest absolute Gasteiger partial charge is 0.369 e. The van der Waals surface area contributed by atoms with Crippen molar-refractivity contribution < 1.29 is 0 Å². The first-order valence-corrected chi connectivity index (χ1v) is 11.0. The molecule has 0 unspecified atom stereocenters. The van der Waals surface area contributed by atoms with Crippen LogP contribution in [0.4, 0.5) is 5.69 Å². The third-order valence-corrected chi connectivity index (χ3v) is 6.36. The Morgan fingerprint density at radius 1 is 0.516 bits per heavy atom. The zero-order valence-corrected chi connectivity index (χ0v) is 17.6. The smallest absolute Gasteiger partial charge is 0.0974 e. The molecule has 154 valence electrons. The van der Waals surface area contributed by atoms with Gasteiger partial charge in [-0.05, 0) is 28.8 Å². The number of nitrogens with zero attached hydrogens (tertiary/aromatic N) is 3. The predicted octanol–water partition coefficient (Wildman–Crippen LogP) is 5.20. The fraction of sp³-hybridized carbons (Fsp3) is 0.179. The Morgan fingerprint density at radius 3 is 1.35 bits per heavy atom. The van der Waals surface area contributed by atoms with Crippen LogP contribution in [-0.4, -0.2) is 36.1 Å². The summed E-state index contributed by atoms with van der Waals surface area (Å²) in [5.74, 6) is 0. The van der Waals surface area contributed by atoms with Gasteiger partial charge in [-0.15, -0.1) is 0 Å². The number of pyridine rings is 1. The molecule has 2 heterocycles. The van der Waals surface area contributed by atoms with E-state index in [2.05, 4.69) is 118 Å². The summed E-state index contributed by atoms with van der Waals surface area (Å²) in [4.78, 5) is 9.30. The lowest BCUT2D eigenvalue weighted by molar-refractivity contribution is 0.147. The van der Waals surface area contributed by atoms with Crippen molar-refractivity contribution >= 4 is 5.69 Å². The summed E-state index contributed by atoms with van der Waals surface area (Å²) in [7, 11) is 0. The van der Waals surface area contributed by atoms with E-state index >= 15 is 0 Å². The number of anilines is 1. The molecule has 0 saturated carbocycles. The van der Waals surface area contributed by atoms with Crippen LogP contribution >= 0.6 is 0 Å². The predicted molar refractivity (Wildman–Crippen MR) is 127 cm³/mol. The molecule has 0 aliphatic carbocycles. The van der Waals surface area contributed by atoms with Gasteiger partial charge in [-0.3, -0.25) is 9.88 Å². The van der Waals surface area contributed by atoms with Crippen molar-refractivity contribution in [2.45, 2.75) is 5.54 Å². The van der Waals surface area contributed by atoms with Crippen LogP contribution in [0.2, 0.25) is 0 Å². The van der Waals surface area contributed by atoms with Crippen LogP contribution in [-0.2, 0) is 5.54 Å². The monoisotopic (exact) mass is 405 g/mol. The second-order valence-corrected chi connectivity index (χ2v) is 7.99. The number of piperazine rings is 1. The molecule has 0 spiro atoms. The van der Waals surface area contributed by atoms with Gasteiger partial charge in [-0.25, -0.2) is 0 Å². The zero-order chi connectivity index (χ0) is 20.9. The highest BCUT2D eigenvalue weighted by molar-refractivity contribution is 5.51. The summed E-state index contributed by atoms with van der Waals surface area (Å²) in [6.07, 6.45) is 3.76. The number of aromatic nitrogens is 1. The van der Waals surface area contributed by atoms with Crippen molar-refractivity contribution in [2.75, 3.05) is 31.1 Å². The van der Waals surface area contributed by atoms with Crippen LogP contribution in [0, 0.1) is 0 Å². The topological polar surface area (TPSA) is 19.4 Å². The van der Waals surface area contributed by atoms with E-state index in [-0.39, 0.29) is 5.54 Å². The van der Waals surface area contributed by atoms with Crippen LogP contribution < -0.4 is 4.90 Å². The van der Waals surface area contributed by atoms with Crippen molar-refractivity contribution in [3.63, 3.8) is 0 Å². The molecular formula is C28H27N3. The summed E-state index contributed by atoms with van der Waals surface area (Å²) in [6, 6.07) is 37.1. The van der Waals surface area contributed by atoms with E-state index in [0.717, 1.165) is 26.2 Å². The molecule has 3 nitrogen and oxygen atoms in total. The standard InChI is InChI=1S/C28H27N3/c1-4-10-24(11-5-1)28(25-12-6-2-7-13-25,26-14-8-3-9-15-26)31-22-20-30(21-23-31)27-16-18-29-19-17-27/h1-19H,20-23H2. The lowest BCUT2D eigenvalue weighted by Gasteiger charge is -2.49. The maximum Gasteiger partial charge on any atom is 0.0974 e. The average molecular weight is 406 g/mol. The fourth-order valence-corrected chi connectivity index (χ4v) is 4.94. The van der Waals surface area contributed by atoms with Crippen LogP contribution in [0.15, 0.2) is 116 Å². The van der Waals surface area contributed by atoms with Crippen molar-refractivity contribution in [2.24, 2.45) is 0 Å². The Bertz CT molecular complexity index is 978. The maximum atomic E-state index is 4.18. The Labute approximate surface area is 184 Å². The average Bonchev–Trinajstić information content (AvgIpc) is 2.88. The molecule has 0 amide bonds. The molecule has 4 aromatic rings. The quantitative estimate of drug-likeness (QED) is 0.426. The molecule has 1 fully saturated rings. The van der Waals surface area contributed by atoms with Gasteiger partial charge in [0.2, 0.25) is 0 Å². The molecule has 3 heteroatoms. The summed E-state index contributed by atoms with van der Waals surface area (Å²) < 4.78 is 0. The van der Waals surface area contributed by atoms with Crippen LogP contribution in [0.3, 0.4) is 0 Å². The van der Waals surface area contributed by atoms with Crippen LogP contribution in [0.25, 0.3) is 0 Å². The van der Waals surface area contributed by atoms with E-state index in [1.54, 1.807) is 0 Å². The Hall–Kier alpha value is -3.43. The highest BCUT2D eigenvalue weighted by Gasteiger charge is 2.43. The van der Waals surface area contributed by atoms with E-state index in [1.807, 2.05) is 12.4 Å². The first kappa shape index (κ1) is 19.5. The van der Waals surface area contributed by atoms with Gasteiger partial charge < -0.3 is 4.90 Å². The summed E-state index contributed by atoms with van der Waals surface area (Å²) in [6.45, 7) is 3.92. The van der Waals surface area contributed by atoms with Gasteiger partial charge in [-0.2, -0.15) is 0 Å². The van der Waals surface area contributed by atoms with Gasteiger partial charge in [-0.1, -0.05) is 91.0 Å². The minimum Gasteiger partial charge on any atom is -0.369 e. The van der Waals surface area contributed by atoms with Gasteiger partial charge in [0.15, 0.2) is 0 Å². The molecular weight excluding hydrogens is 378 g/mol. The third kappa shape index (κ3) is 3.62. The molecule has 0 N–H and O–H groups in total. The summed E-state index contributed by atoms with van der Waals surface area (Å²) in [5.41, 5.74) is 4.85. The number of benzene rings is 3. The van der Waals surface area contributed by atoms with Gasteiger partial charge in [0.25, 0.3) is 0 Å². The van der Waals surface area contributed by atoms with Gasteiger partial charge >= 0.3 is 0 Å². The van der Waals surface area contributed by atoms with Gasteiger partial charge in [0, 0.05) is 44.3 Å². The van der Waals surface area contributed by atoms with Gasteiger partial charge in [0.05, 0.1) is 5.54 Å². The molecule has 0 radical (unpaired) electrons. The third-order valence-electron chi connectivity index (χ3n) is 6.36. The molecule has 0 atom stereocenters. The normalized spacial score (nSPS) is 15.0. The Balaban J connectivity index is 1.61. The molecule has 1 aliphatic rings. The van der Waals surface area contributed by atoms with Crippen molar-refractivity contribution in [1.29, 1.82) is 0 Å². The maximum absolute atomic E-state index is 4.18. The Morgan fingerprint density at radius 2 is 0.935 bits per heavy atom. The van der Waals surface area contributed by atoms with Gasteiger partial charge in [0.1, 0.15) is 0 Å². The molecule has 1 aromatic heterocycles. The minimum absolute atomic E-state index is 0.325. The van der Waals surface area contributed by atoms with E-state index in [9.17, 15) is 0 Å². The lowest BCUT2D eigenvalue weighted by Crippen LogP contribution is -2.56. The fourth-order valence-electron chi connectivity index (χ4n) is 4.94. The van der Waals surface area contributed by atoms with Crippen molar-refractivity contribution in [1.82, 2.24) is 9.88 Å². The van der Waals surface area contributed by atoms with Crippen LogP contribution in [0.5, 0.6) is 0 Å². The second kappa shape index (κ2) is 8.75. The van der Waals surface area contributed by atoms with Crippen molar-refractivity contribution in [3.05, 3.63) is 132 Å². The molecule has 5 rings (SSSR count). The molecule has 1 aliphatic heterocycles. The highest BCUT2D eigenvalue weighted by Crippen LogP contribution is 2.42. The van der Waals surface area contributed by atoms with Crippen molar-refractivity contribution in [3.8, 4) is 0 Å². The first-order valence-electron chi connectivity index (χ1n) is 11.0. The number of hydrogen-bond donors (Lipinski definition) is 0. The van der Waals surface area contributed by atoms with E-state index < -0.39 is 0 Å². The molecule has 1 saturated heterocycles. The molecule has 3 aromatic carbocycles. The van der Waals surface area contributed by atoms with E-state index in [1.165, 1.54) is 22.4 Å². The van der Waals surface area contributed by atoms with Crippen LogP contribution in [0.1, 0.15) is 16.7 Å². The first-order chi connectivity index (χ1) is 15.4. The zero-order valence-electron chi connectivity index (χ0n) is 17.6. The Kier molecular flexibility index (Phi) is 5.51. The minimum atomic E-state index is -0.325. The lowest BCUT2D eigenvalue weighted by atomic mass is 9.75. The number of rotatable bonds is 5. The molecule has 31 heavy (non-hydrogen) atoms.